The van der Waals surface area contributed by atoms with Gasteiger partial charge in [-0.15, -0.1) is 11.8 Å². The van der Waals surface area contributed by atoms with Crippen molar-refractivity contribution < 1.29 is 13.2 Å². The number of nitrogen functional groups attached to an aromatic ring is 1. The number of sulfonamides is 1. The summed E-state index contributed by atoms with van der Waals surface area (Å²) in [5.41, 5.74) is 5.76. The van der Waals surface area contributed by atoms with Crippen molar-refractivity contribution in [3.8, 4) is 11.8 Å². The van der Waals surface area contributed by atoms with Gasteiger partial charge in [0.25, 0.3) is 0 Å². The van der Waals surface area contributed by atoms with Gasteiger partial charge >= 0.3 is 5.69 Å². The van der Waals surface area contributed by atoms with Gasteiger partial charge in [0.2, 0.25) is 10.0 Å². The van der Waals surface area contributed by atoms with Crippen LogP contribution in [0.3, 0.4) is 0 Å². The van der Waals surface area contributed by atoms with Gasteiger partial charge in [-0.1, -0.05) is 11.8 Å². The highest BCUT2D eigenvalue weighted by molar-refractivity contribution is 7.99. The van der Waals surface area contributed by atoms with Gasteiger partial charge < -0.3 is 10.5 Å². The van der Waals surface area contributed by atoms with Crippen molar-refractivity contribution in [1.29, 1.82) is 0 Å². The van der Waals surface area contributed by atoms with Crippen LogP contribution in [0.5, 0.6) is 0 Å². The molecule has 8 nitrogen and oxygen atoms in total. The summed E-state index contributed by atoms with van der Waals surface area (Å²) in [6.45, 7) is 0.0619. The summed E-state index contributed by atoms with van der Waals surface area (Å²) in [5, 5.41) is 0.0543. The molecule has 1 aromatic rings. The number of methoxy groups -OCH3 is 1. The molecule has 0 unspecified atom stereocenters. The molecule has 0 amide bonds. The fourth-order valence-corrected chi connectivity index (χ4v) is 4.19. The van der Waals surface area contributed by atoms with Crippen molar-refractivity contribution in [2.24, 2.45) is 0 Å². The molecular weight excluding hydrogens is 352 g/mol. The maximum Gasteiger partial charge on any atom is 0.350 e. The molecule has 1 aliphatic heterocycles. The minimum Gasteiger partial charge on any atom is -0.384 e. The number of thioether (sulfide) groups is 1. The number of aromatic nitrogens is 2. The molecule has 0 bridgehead atoms. The molecule has 0 aliphatic carbocycles. The second-order valence-electron chi connectivity index (χ2n) is 5.13. The van der Waals surface area contributed by atoms with Crippen molar-refractivity contribution in [1.82, 2.24) is 14.3 Å². The first-order chi connectivity index (χ1) is 11.4. The lowest BCUT2D eigenvalue weighted by atomic mass is 10.3. The quantitative estimate of drug-likeness (QED) is 0.663. The Morgan fingerprint density at radius 2 is 2.38 bits per heavy atom. The molecule has 2 rings (SSSR count). The molecule has 10 heteroatoms. The van der Waals surface area contributed by atoms with E-state index in [0.717, 1.165) is 18.6 Å². The number of ether oxygens (including phenoxy) is 1. The fourth-order valence-electron chi connectivity index (χ4n) is 2.11. The smallest absolute Gasteiger partial charge is 0.350 e. The standard InChI is InChI=1S/C14H20N4O4S2/c1-22-7-9-24(20,21)16-6-2-4-11-10-18(12-5-3-8-23-12)14(19)17-13(11)15/h10,12,16H,3,5-9H2,1H3,(H2,15,17,19)/t12-/m0/s1. The first-order valence-electron chi connectivity index (χ1n) is 7.38. The highest BCUT2D eigenvalue weighted by Gasteiger charge is 2.19. The van der Waals surface area contributed by atoms with E-state index >= 15 is 0 Å². The topological polar surface area (TPSA) is 116 Å². The number of anilines is 1. The van der Waals surface area contributed by atoms with Gasteiger partial charge in [0, 0.05) is 13.3 Å². The van der Waals surface area contributed by atoms with Crippen LogP contribution in [0.2, 0.25) is 0 Å². The summed E-state index contributed by atoms with van der Waals surface area (Å²) < 4.78 is 31.8. The first-order valence-corrected chi connectivity index (χ1v) is 10.1. The summed E-state index contributed by atoms with van der Waals surface area (Å²) in [4.78, 5) is 15.7. The predicted octanol–water partition coefficient (Wildman–Crippen LogP) is -0.232. The highest BCUT2D eigenvalue weighted by Crippen LogP contribution is 2.34. The van der Waals surface area contributed by atoms with Crippen LogP contribution in [0, 0.1) is 11.8 Å². The van der Waals surface area contributed by atoms with Crippen molar-refractivity contribution in [3.63, 3.8) is 0 Å². The molecule has 0 radical (unpaired) electrons. The van der Waals surface area contributed by atoms with E-state index < -0.39 is 15.7 Å². The zero-order chi connectivity index (χ0) is 17.6. The summed E-state index contributed by atoms with van der Waals surface area (Å²) in [6.07, 6.45) is 3.55. The summed E-state index contributed by atoms with van der Waals surface area (Å²) in [6, 6.07) is 0. The molecule has 0 aromatic carbocycles. The van der Waals surface area contributed by atoms with E-state index in [9.17, 15) is 13.2 Å². The van der Waals surface area contributed by atoms with Gasteiger partial charge in [0.15, 0.2) is 0 Å². The third-order valence-corrected chi connectivity index (χ3v) is 6.02. The van der Waals surface area contributed by atoms with Crippen molar-refractivity contribution >= 4 is 27.6 Å². The van der Waals surface area contributed by atoms with Gasteiger partial charge in [-0.05, 0) is 18.6 Å². The van der Waals surface area contributed by atoms with Gasteiger partial charge in [0.1, 0.15) is 5.82 Å². The number of hydrogen-bond donors (Lipinski definition) is 2. The van der Waals surface area contributed by atoms with Crippen LogP contribution < -0.4 is 16.1 Å². The third-order valence-electron chi connectivity index (χ3n) is 3.36. The molecule has 1 saturated heterocycles. The van der Waals surface area contributed by atoms with Gasteiger partial charge in [0.05, 0.1) is 29.8 Å². The molecule has 1 aromatic heterocycles. The number of nitrogens with two attached hydrogens (primary N) is 1. The van der Waals surface area contributed by atoms with Crippen molar-refractivity contribution in [2.45, 2.75) is 18.2 Å². The molecule has 1 aliphatic rings. The van der Waals surface area contributed by atoms with Gasteiger partial charge in [-0.2, -0.15) is 4.98 Å². The minimum atomic E-state index is -3.42. The van der Waals surface area contributed by atoms with E-state index in [1.807, 2.05) is 0 Å². The number of nitrogens with one attached hydrogen (secondary N) is 1. The lowest BCUT2D eigenvalue weighted by Crippen LogP contribution is -2.28. The Morgan fingerprint density at radius 1 is 1.58 bits per heavy atom. The normalized spacial score (nSPS) is 17.5. The molecule has 24 heavy (non-hydrogen) atoms. The van der Waals surface area contributed by atoms with E-state index in [1.165, 1.54) is 7.11 Å². The van der Waals surface area contributed by atoms with Crippen LogP contribution in [0.1, 0.15) is 23.8 Å². The molecule has 0 spiro atoms. The largest absolute Gasteiger partial charge is 0.384 e. The van der Waals surface area contributed by atoms with Crippen molar-refractivity contribution in [2.75, 3.05) is 37.5 Å². The Bertz CT molecular complexity index is 789. The Hall–Kier alpha value is -1.54. The van der Waals surface area contributed by atoms with E-state index in [4.69, 9.17) is 10.5 Å². The predicted molar refractivity (Wildman–Crippen MR) is 94.2 cm³/mol. The molecule has 3 N–H and O–H groups in total. The molecule has 1 fully saturated rings. The zero-order valence-corrected chi connectivity index (χ0v) is 15.0. The Labute approximate surface area is 145 Å². The van der Waals surface area contributed by atoms with Gasteiger partial charge in [-0.3, -0.25) is 4.57 Å². The summed E-state index contributed by atoms with van der Waals surface area (Å²) >= 11 is 1.69. The third kappa shape index (κ3) is 5.24. The lowest BCUT2D eigenvalue weighted by molar-refractivity contribution is 0.217. The minimum absolute atomic E-state index is 0.0500. The average molecular weight is 372 g/mol. The van der Waals surface area contributed by atoms with Crippen molar-refractivity contribution in [3.05, 3.63) is 22.2 Å². The molecule has 132 valence electrons. The summed E-state index contributed by atoms with van der Waals surface area (Å²) in [7, 11) is -1.99. The van der Waals surface area contributed by atoms with Crippen LogP contribution in [0.15, 0.2) is 11.0 Å². The maximum atomic E-state index is 11.9. The SMILES string of the molecule is COCCS(=O)(=O)NCC#Cc1cn([C@@H]2CCCS2)c(=O)nc1N. The van der Waals surface area contributed by atoms with Crippen LogP contribution in [-0.2, 0) is 14.8 Å². The number of hydrogen-bond acceptors (Lipinski definition) is 7. The maximum absolute atomic E-state index is 11.9. The van der Waals surface area contributed by atoms with Crippen LogP contribution in [-0.4, -0.2) is 49.7 Å². The summed E-state index contributed by atoms with van der Waals surface area (Å²) in [5.74, 6) is 6.39. The van der Waals surface area contributed by atoms with Crippen LogP contribution >= 0.6 is 11.8 Å². The van der Waals surface area contributed by atoms with E-state index in [2.05, 4.69) is 21.5 Å². The Balaban J connectivity index is 2.07. The molecule has 0 saturated carbocycles. The first kappa shape index (κ1) is 18.8. The average Bonchev–Trinajstić information content (AvgIpc) is 3.05. The second kappa shape index (κ2) is 8.53. The van der Waals surface area contributed by atoms with Crippen LogP contribution in [0.25, 0.3) is 0 Å². The van der Waals surface area contributed by atoms with E-state index in [-0.39, 0.29) is 30.1 Å². The van der Waals surface area contributed by atoms with Gasteiger partial charge in [-0.25, -0.2) is 17.9 Å². The lowest BCUT2D eigenvalue weighted by Gasteiger charge is -2.12. The number of nitrogens with zero attached hydrogens (tertiary/aromatic N) is 2. The molecular formula is C14H20N4O4S2. The zero-order valence-electron chi connectivity index (χ0n) is 13.3. The highest BCUT2D eigenvalue weighted by atomic mass is 32.2. The molecule has 1 atom stereocenters. The molecule has 2 heterocycles. The van der Waals surface area contributed by atoms with E-state index in [0.29, 0.717) is 5.56 Å². The second-order valence-corrected chi connectivity index (χ2v) is 8.34. The van der Waals surface area contributed by atoms with Crippen LogP contribution in [0.4, 0.5) is 5.82 Å². The monoisotopic (exact) mass is 372 g/mol. The number of rotatable bonds is 6. The fraction of sp³-hybridized carbons (Fsp3) is 0.571. The Kier molecular flexibility index (Phi) is 6.68. The van der Waals surface area contributed by atoms with E-state index in [1.54, 1.807) is 22.5 Å². The Morgan fingerprint density at radius 3 is 3.04 bits per heavy atom.